The Morgan fingerprint density at radius 3 is 2.88 bits per heavy atom. The number of rotatable bonds is 4. The van der Waals surface area contributed by atoms with Crippen LogP contribution in [-0.4, -0.2) is 6.61 Å². The molecule has 0 heterocycles. The summed E-state index contributed by atoms with van der Waals surface area (Å²) in [6.07, 6.45) is 5.49. The van der Waals surface area contributed by atoms with Crippen molar-refractivity contribution in [3.63, 3.8) is 0 Å². The maximum absolute atomic E-state index is 4.89. The Bertz CT molecular complexity index is 74.5. The van der Waals surface area contributed by atoms with Crippen LogP contribution in [0.1, 0.15) is 6.92 Å². The fourth-order valence-electron chi connectivity index (χ4n) is 0.275. The minimum atomic E-state index is 0.641. The third kappa shape index (κ3) is 5.44. The molecule has 0 spiro atoms. The third-order valence-corrected chi connectivity index (χ3v) is 0.621. The van der Waals surface area contributed by atoms with Crippen molar-refractivity contribution in [3.8, 4) is 0 Å². The molecule has 8 heavy (non-hydrogen) atoms. The van der Waals surface area contributed by atoms with Gasteiger partial charge in [-0.3, -0.25) is 0 Å². The van der Waals surface area contributed by atoms with Gasteiger partial charge in [-0.25, -0.2) is 0 Å². The molecule has 0 atom stereocenters. The molecular weight excluding hydrogens is 100 g/mol. The van der Waals surface area contributed by atoms with Crippen molar-refractivity contribution in [2.75, 3.05) is 6.61 Å². The van der Waals surface area contributed by atoms with Crippen LogP contribution < -0.4 is 0 Å². The Hall–Kier alpha value is -0.560. The Balaban J connectivity index is 2.82. The van der Waals surface area contributed by atoms with Crippen LogP contribution in [-0.2, 0) is 4.74 Å². The normalized spacial score (nSPS) is 10.1. The first kappa shape index (κ1) is 7.44. The summed E-state index contributed by atoms with van der Waals surface area (Å²) in [4.78, 5) is 0. The van der Waals surface area contributed by atoms with Gasteiger partial charge in [-0.15, -0.1) is 6.58 Å². The van der Waals surface area contributed by atoms with Crippen LogP contribution >= 0.6 is 0 Å². The lowest BCUT2D eigenvalue weighted by atomic mass is 10.5. The zero-order valence-electron chi connectivity index (χ0n) is 5.13. The molecule has 0 saturated heterocycles. The Labute approximate surface area is 50.7 Å². The van der Waals surface area contributed by atoms with Crippen LogP contribution in [0.15, 0.2) is 24.8 Å². The zero-order valence-corrected chi connectivity index (χ0v) is 5.13. The summed E-state index contributed by atoms with van der Waals surface area (Å²) in [6, 6.07) is 0. The molecule has 1 heteroatoms. The van der Waals surface area contributed by atoms with E-state index < -0.39 is 0 Å². The van der Waals surface area contributed by atoms with E-state index in [0.29, 0.717) is 6.61 Å². The quantitative estimate of drug-likeness (QED) is 0.398. The van der Waals surface area contributed by atoms with Crippen molar-refractivity contribution >= 4 is 0 Å². The topological polar surface area (TPSA) is 9.23 Å². The maximum atomic E-state index is 4.89. The standard InChI is InChI=1S/C7H11O/c1-3-5-7-8-6-4-2/h3-6H,2,7H2,1H3. The third-order valence-electron chi connectivity index (χ3n) is 0.621. The Kier molecular flexibility index (Phi) is 5.99. The minimum absolute atomic E-state index is 0.641. The van der Waals surface area contributed by atoms with Crippen LogP contribution in [0.4, 0.5) is 0 Å². The first-order valence-electron chi connectivity index (χ1n) is 2.58. The van der Waals surface area contributed by atoms with Crippen molar-refractivity contribution in [2.24, 2.45) is 0 Å². The highest BCUT2D eigenvalue weighted by Crippen LogP contribution is 1.81. The molecule has 0 aliphatic carbocycles. The molecule has 0 aromatic rings. The second kappa shape index (κ2) is 6.44. The number of hydrogen-bond donors (Lipinski definition) is 0. The molecule has 0 aliphatic rings. The van der Waals surface area contributed by atoms with Crippen molar-refractivity contribution in [1.29, 1.82) is 0 Å². The van der Waals surface area contributed by atoms with Crippen molar-refractivity contribution < 1.29 is 4.74 Å². The Morgan fingerprint density at radius 1 is 1.62 bits per heavy atom. The van der Waals surface area contributed by atoms with Gasteiger partial charge in [0.1, 0.15) is 6.61 Å². The smallest absolute Gasteiger partial charge is 0.105 e. The average molecular weight is 111 g/mol. The second-order valence-electron chi connectivity index (χ2n) is 1.27. The summed E-state index contributed by atoms with van der Waals surface area (Å²) in [5, 5.41) is 0. The molecule has 1 nitrogen and oxygen atoms in total. The highest BCUT2D eigenvalue weighted by Gasteiger charge is 1.73. The van der Waals surface area contributed by atoms with Gasteiger partial charge in [-0.05, 0) is 6.92 Å². The van der Waals surface area contributed by atoms with E-state index in [0.717, 1.165) is 0 Å². The van der Waals surface area contributed by atoms with E-state index >= 15 is 0 Å². The molecule has 0 fully saturated rings. The first-order valence-corrected chi connectivity index (χ1v) is 2.58. The van der Waals surface area contributed by atoms with Gasteiger partial charge in [0.25, 0.3) is 0 Å². The van der Waals surface area contributed by atoms with E-state index in [1.807, 2.05) is 19.1 Å². The fraction of sp³-hybridized carbons (Fsp3) is 0.286. The monoisotopic (exact) mass is 111 g/mol. The Morgan fingerprint density at radius 2 is 2.38 bits per heavy atom. The van der Waals surface area contributed by atoms with E-state index in [9.17, 15) is 0 Å². The molecular formula is C7H11O. The summed E-state index contributed by atoms with van der Waals surface area (Å²) in [6.45, 7) is 7.62. The highest BCUT2D eigenvalue weighted by atomic mass is 16.5. The number of ether oxygens (including phenoxy) is 1. The molecule has 0 unspecified atom stereocenters. The van der Waals surface area contributed by atoms with Crippen LogP contribution in [0.25, 0.3) is 0 Å². The van der Waals surface area contributed by atoms with Crippen molar-refractivity contribution in [3.05, 3.63) is 31.4 Å². The molecule has 0 saturated carbocycles. The zero-order chi connectivity index (χ0) is 6.24. The van der Waals surface area contributed by atoms with Gasteiger partial charge in [0.05, 0.1) is 6.61 Å². The molecule has 0 bridgehead atoms. The van der Waals surface area contributed by atoms with E-state index in [1.54, 1.807) is 12.7 Å². The highest BCUT2D eigenvalue weighted by molar-refractivity contribution is 4.81. The minimum Gasteiger partial charge on any atom is -0.367 e. The molecule has 0 aromatic carbocycles. The number of allylic oxidation sites excluding steroid dienone is 1. The summed E-state index contributed by atoms with van der Waals surface area (Å²) in [7, 11) is 0. The summed E-state index contributed by atoms with van der Waals surface area (Å²) >= 11 is 0. The lowest BCUT2D eigenvalue weighted by Crippen LogP contribution is -1.82. The summed E-state index contributed by atoms with van der Waals surface area (Å²) < 4.78 is 4.89. The maximum Gasteiger partial charge on any atom is 0.105 e. The lowest BCUT2D eigenvalue weighted by molar-refractivity contribution is 0.252. The van der Waals surface area contributed by atoms with Gasteiger partial charge in [0, 0.05) is 0 Å². The van der Waals surface area contributed by atoms with Crippen molar-refractivity contribution in [2.45, 2.75) is 6.92 Å². The van der Waals surface area contributed by atoms with Gasteiger partial charge >= 0.3 is 0 Å². The van der Waals surface area contributed by atoms with E-state index in [2.05, 4.69) is 6.58 Å². The van der Waals surface area contributed by atoms with Gasteiger partial charge < -0.3 is 4.74 Å². The largest absolute Gasteiger partial charge is 0.367 e. The van der Waals surface area contributed by atoms with E-state index in [1.165, 1.54) is 0 Å². The van der Waals surface area contributed by atoms with Crippen molar-refractivity contribution in [1.82, 2.24) is 0 Å². The number of hydrogen-bond acceptors (Lipinski definition) is 1. The molecule has 0 rings (SSSR count). The van der Waals surface area contributed by atoms with E-state index in [4.69, 9.17) is 4.74 Å². The SMILES string of the molecule is C=C[CH]OCC=CC. The fourth-order valence-corrected chi connectivity index (χ4v) is 0.275. The lowest BCUT2D eigenvalue weighted by Gasteiger charge is -1.89. The van der Waals surface area contributed by atoms with Crippen LogP contribution in [0.2, 0.25) is 0 Å². The van der Waals surface area contributed by atoms with Gasteiger partial charge in [-0.2, -0.15) is 0 Å². The molecule has 0 aliphatic heterocycles. The summed E-state index contributed by atoms with van der Waals surface area (Å²) in [5.41, 5.74) is 0. The van der Waals surface area contributed by atoms with Crippen LogP contribution in [0.3, 0.4) is 0 Å². The van der Waals surface area contributed by atoms with Gasteiger partial charge in [0.2, 0.25) is 0 Å². The predicted octanol–water partition coefficient (Wildman–Crippen LogP) is 1.93. The summed E-state index contributed by atoms with van der Waals surface area (Å²) in [5.74, 6) is 0. The van der Waals surface area contributed by atoms with Gasteiger partial charge in [0.15, 0.2) is 0 Å². The molecule has 1 radical (unpaired) electrons. The van der Waals surface area contributed by atoms with Crippen LogP contribution in [0, 0.1) is 6.61 Å². The van der Waals surface area contributed by atoms with E-state index in [-0.39, 0.29) is 0 Å². The molecule has 0 N–H and O–H groups in total. The first-order chi connectivity index (χ1) is 3.91. The van der Waals surface area contributed by atoms with Crippen LogP contribution in [0.5, 0.6) is 0 Å². The predicted molar refractivity (Wildman–Crippen MR) is 35.3 cm³/mol. The second-order valence-corrected chi connectivity index (χ2v) is 1.27. The molecule has 45 valence electrons. The molecule has 0 aromatic heterocycles. The van der Waals surface area contributed by atoms with Gasteiger partial charge in [-0.1, -0.05) is 18.2 Å². The molecule has 0 amide bonds. The average Bonchev–Trinajstić information content (AvgIpc) is 1.81.